The molecule has 0 spiro atoms. The lowest BCUT2D eigenvalue weighted by Gasteiger charge is -2.36. The van der Waals surface area contributed by atoms with Gasteiger partial charge in [0.15, 0.2) is 0 Å². The van der Waals surface area contributed by atoms with Gasteiger partial charge in [0, 0.05) is 37.6 Å². The highest BCUT2D eigenvalue weighted by molar-refractivity contribution is 6.31. The maximum atomic E-state index is 13.2. The molecule has 0 aliphatic carbocycles. The third-order valence-electron chi connectivity index (χ3n) is 4.28. The lowest BCUT2D eigenvalue weighted by atomic mass is 10.1. The van der Waals surface area contributed by atoms with Crippen molar-refractivity contribution in [3.8, 4) is 0 Å². The van der Waals surface area contributed by atoms with Crippen molar-refractivity contribution in [2.24, 2.45) is 0 Å². The smallest absolute Gasteiger partial charge is 0.368 e. The van der Waals surface area contributed by atoms with Crippen LogP contribution in [0.3, 0.4) is 0 Å². The molecule has 1 aliphatic rings. The van der Waals surface area contributed by atoms with Crippen molar-refractivity contribution >= 4 is 29.0 Å². The van der Waals surface area contributed by atoms with E-state index >= 15 is 0 Å². The average molecular weight is 402 g/mol. The molecular formula is C18H16ClF4N3O. The quantitative estimate of drug-likeness (QED) is 0.730. The van der Waals surface area contributed by atoms with Crippen LogP contribution in [0.1, 0.15) is 5.56 Å². The van der Waals surface area contributed by atoms with Gasteiger partial charge in [-0.2, -0.15) is 13.2 Å². The summed E-state index contributed by atoms with van der Waals surface area (Å²) in [6.07, 6.45) is -4.39. The number of halogens is 5. The molecule has 1 saturated heterocycles. The maximum absolute atomic E-state index is 13.2. The fraction of sp³-hybridized carbons (Fsp3) is 0.278. The molecule has 1 aliphatic heterocycles. The Morgan fingerprint density at radius 1 is 1.04 bits per heavy atom. The summed E-state index contributed by atoms with van der Waals surface area (Å²) in [5, 5.41) is 2.54. The summed E-state index contributed by atoms with van der Waals surface area (Å²) >= 11 is 5.69. The second-order valence-corrected chi connectivity index (χ2v) is 6.49. The SMILES string of the molecule is O=C(Nc1ccc(F)c(Cl)c1)N1CCN(c2cccc(C(F)(F)F)c2)CC1. The minimum absolute atomic E-state index is 0.0952. The van der Waals surface area contributed by atoms with Gasteiger partial charge in [-0.1, -0.05) is 17.7 Å². The highest BCUT2D eigenvalue weighted by Crippen LogP contribution is 2.32. The number of carbonyl (C=O) groups excluding carboxylic acids is 1. The van der Waals surface area contributed by atoms with Crippen LogP contribution in [0.5, 0.6) is 0 Å². The van der Waals surface area contributed by atoms with Crippen LogP contribution in [0, 0.1) is 5.82 Å². The van der Waals surface area contributed by atoms with E-state index in [4.69, 9.17) is 11.6 Å². The molecule has 2 aromatic rings. The first kappa shape index (κ1) is 19.3. The number of piperazine rings is 1. The van der Waals surface area contributed by atoms with Gasteiger partial charge < -0.3 is 15.1 Å². The first-order chi connectivity index (χ1) is 12.7. The summed E-state index contributed by atoms with van der Waals surface area (Å²) in [5.74, 6) is -0.579. The van der Waals surface area contributed by atoms with Crippen molar-refractivity contribution in [1.29, 1.82) is 0 Å². The zero-order valence-electron chi connectivity index (χ0n) is 14.1. The number of nitrogens with zero attached hydrogens (tertiary/aromatic N) is 2. The Labute approximate surface area is 158 Å². The summed E-state index contributed by atoms with van der Waals surface area (Å²) in [6, 6.07) is 8.62. The normalized spacial score (nSPS) is 15.0. The number of rotatable bonds is 2. The molecule has 0 atom stereocenters. The Balaban J connectivity index is 1.60. The van der Waals surface area contributed by atoms with Gasteiger partial charge in [0.2, 0.25) is 0 Å². The van der Waals surface area contributed by atoms with Crippen LogP contribution in [0.15, 0.2) is 42.5 Å². The molecule has 9 heteroatoms. The number of benzene rings is 2. The Morgan fingerprint density at radius 2 is 1.74 bits per heavy atom. The lowest BCUT2D eigenvalue weighted by molar-refractivity contribution is -0.137. The molecule has 0 saturated carbocycles. The highest BCUT2D eigenvalue weighted by atomic mass is 35.5. The molecule has 0 aromatic heterocycles. The lowest BCUT2D eigenvalue weighted by Crippen LogP contribution is -2.50. The van der Waals surface area contributed by atoms with E-state index in [1.165, 1.54) is 18.2 Å². The van der Waals surface area contributed by atoms with Crippen LogP contribution in [0.2, 0.25) is 5.02 Å². The molecule has 0 bridgehead atoms. The number of alkyl halides is 3. The zero-order chi connectivity index (χ0) is 19.6. The van der Waals surface area contributed by atoms with Gasteiger partial charge in [-0.25, -0.2) is 9.18 Å². The van der Waals surface area contributed by atoms with E-state index < -0.39 is 17.6 Å². The second-order valence-electron chi connectivity index (χ2n) is 6.08. The van der Waals surface area contributed by atoms with Gasteiger partial charge >= 0.3 is 12.2 Å². The summed E-state index contributed by atoms with van der Waals surface area (Å²) in [5.41, 5.74) is 0.135. The van der Waals surface area contributed by atoms with Gasteiger partial charge in [0.25, 0.3) is 0 Å². The molecule has 27 heavy (non-hydrogen) atoms. The zero-order valence-corrected chi connectivity index (χ0v) is 14.8. The Morgan fingerprint density at radius 3 is 2.37 bits per heavy atom. The Hall–Kier alpha value is -2.48. The Kier molecular flexibility index (Phi) is 5.46. The topological polar surface area (TPSA) is 35.6 Å². The van der Waals surface area contributed by atoms with Crippen LogP contribution in [0.4, 0.5) is 33.7 Å². The molecule has 0 unspecified atom stereocenters. The number of anilines is 2. The predicted octanol–water partition coefficient (Wildman–Crippen LogP) is 4.85. The first-order valence-electron chi connectivity index (χ1n) is 8.17. The van der Waals surface area contributed by atoms with Crippen LogP contribution in [0.25, 0.3) is 0 Å². The van der Waals surface area contributed by atoms with Gasteiger partial charge in [-0.15, -0.1) is 0 Å². The number of nitrogens with one attached hydrogen (secondary N) is 1. The molecule has 4 nitrogen and oxygen atoms in total. The van der Waals surface area contributed by atoms with E-state index in [9.17, 15) is 22.4 Å². The van der Waals surface area contributed by atoms with Crippen molar-refractivity contribution in [3.05, 3.63) is 58.9 Å². The van der Waals surface area contributed by atoms with Crippen molar-refractivity contribution in [1.82, 2.24) is 4.90 Å². The van der Waals surface area contributed by atoms with E-state index in [1.54, 1.807) is 15.9 Å². The second kappa shape index (κ2) is 7.64. The van der Waals surface area contributed by atoms with E-state index in [-0.39, 0.29) is 11.1 Å². The minimum Gasteiger partial charge on any atom is -0.368 e. The third kappa shape index (κ3) is 4.63. The number of amides is 2. The van der Waals surface area contributed by atoms with E-state index in [1.807, 2.05) is 0 Å². The van der Waals surface area contributed by atoms with Crippen molar-refractivity contribution in [2.75, 3.05) is 36.4 Å². The van der Waals surface area contributed by atoms with Crippen molar-refractivity contribution < 1.29 is 22.4 Å². The van der Waals surface area contributed by atoms with E-state index in [0.29, 0.717) is 37.6 Å². The van der Waals surface area contributed by atoms with Gasteiger partial charge in [0.1, 0.15) is 5.82 Å². The maximum Gasteiger partial charge on any atom is 0.416 e. The standard InChI is InChI=1S/C18H16ClF4N3O/c19-15-11-13(4-5-16(15)20)24-17(27)26-8-6-25(7-9-26)14-3-1-2-12(10-14)18(21,22)23/h1-5,10-11H,6-9H2,(H,24,27). The number of carbonyl (C=O) groups is 1. The van der Waals surface area contributed by atoms with Crippen LogP contribution in [-0.4, -0.2) is 37.1 Å². The molecule has 2 aromatic carbocycles. The summed E-state index contributed by atoms with van der Waals surface area (Å²) in [6.45, 7) is 1.49. The third-order valence-corrected chi connectivity index (χ3v) is 4.57. The number of hydrogen-bond acceptors (Lipinski definition) is 2. The van der Waals surface area contributed by atoms with E-state index in [0.717, 1.165) is 18.2 Å². The predicted molar refractivity (Wildman–Crippen MR) is 95.7 cm³/mol. The molecule has 1 fully saturated rings. The van der Waals surface area contributed by atoms with Crippen LogP contribution in [-0.2, 0) is 6.18 Å². The molecule has 2 amide bonds. The van der Waals surface area contributed by atoms with Crippen molar-refractivity contribution in [2.45, 2.75) is 6.18 Å². The largest absolute Gasteiger partial charge is 0.416 e. The van der Waals surface area contributed by atoms with Crippen molar-refractivity contribution in [3.63, 3.8) is 0 Å². The summed E-state index contributed by atoms with van der Waals surface area (Å²) < 4.78 is 51.7. The minimum atomic E-state index is -4.39. The van der Waals surface area contributed by atoms with Gasteiger partial charge in [0.05, 0.1) is 10.6 Å². The molecule has 0 radical (unpaired) electrons. The van der Waals surface area contributed by atoms with E-state index in [2.05, 4.69) is 5.32 Å². The number of hydrogen-bond donors (Lipinski definition) is 1. The Bertz CT molecular complexity index is 836. The summed E-state index contributed by atoms with van der Waals surface area (Å²) in [7, 11) is 0. The number of urea groups is 1. The first-order valence-corrected chi connectivity index (χ1v) is 8.55. The molecule has 1 heterocycles. The summed E-state index contributed by atoms with van der Waals surface area (Å²) in [4.78, 5) is 15.6. The van der Waals surface area contributed by atoms with Crippen LogP contribution < -0.4 is 10.2 Å². The molecular weight excluding hydrogens is 386 g/mol. The molecule has 1 N–H and O–H groups in total. The highest BCUT2D eigenvalue weighted by Gasteiger charge is 2.31. The molecule has 144 valence electrons. The fourth-order valence-corrected chi connectivity index (χ4v) is 3.00. The molecule has 3 rings (SSSR count). The van der Waals surface area contributed by atoms with Gasteiger partial charge in [-0.05, 0) is 36.4 Å². The fourth-order valence-electron chi connectivity index (χ4n) is 2.82. The van der Waals surface area contributed by atoms with Crippen LogP contribution >= 0.6 is 11.6 Å². The average Bonchev–Trinajstić information content (AvgIpc) is 2.64. The monoisotopic (exact) mass is 401 g/mol. The van der Waals surface area contributed by atoms with Gasteiger partial charge in [-0.3, -0.25) is 0 Å².